The van der Waals surface area contributed by atoms with Gasteiger partial charge in [-0.1, -0.05) is 0 Å². The van der Waals surface area contributed by atoms with E-state index in [4.69, 9.17) is 7.80 Å². The molecule has 0 fully saturated rings. The Bertz CT molecular complexity index is 1230. The fourth-order valence-electron chi connectivity index (χ4n) is 3.61. The summed E-state index contributed by atoms with van der Waals surface area (Å²) in [6, 6.07) is 6.30. The molecule has 4 heterocycles. The van der Waals surface area contributed by atoms with E-state index in [1.54, 1.807) is 30.6 Å². The number of hydrogen-bond donors (Lipinski definition) is 4. The molecule has 9 nitrogen and oxygen atoms in total. The van der Waals surface area contributed by atoms with Crippen LogP contribution in [0.2, 0.25) is 0 Å². The number of anilines is 2. The number of ether oxygens (including phenoxy) is 1. The summed E-state index contributed by atoms with van der Waals surface area (Å²) in [5.41, 5.74) is 3.19. The van der Waals surface area contributed by atoms with Crippen molar-refractivity contribution >= 4 is 21.2 Å². The maximum absolute atomic E-state index is 14.3. The number of aromatic amines is 1. The number of carbonyl (C=O) groups is 2. The first kappa shape index (κ1) is 21.2. The molecule has 2 aromatic heterocycles. The van der Waals surface area contributed by atoms with Crippen LogP contribution in [0.25, 0.3) is 11.3 Å². The number of methoxy groups -OCH3 is 1. The number of rotatable bonds is 3. The number of pyridine rings is 1. The van der Waals surface area contributed by atoms with Crippen molar-refractivity contribution < 1.29 is 64.9 Å². The summed E-state index contributed by atoms with van der Waals surface area (Å²) in [5, 5.41) is 6.09. The molecule has 1 aromatic carbocycles. The number of aromatic nitrogens is 2. The molecule has 0 spiro atoms. The van der Waals surface area contributed by atoms with Gasteiger partial charge in [0.2, 0.25) is 0 Å². The molecule has 0 unspecified atom stereocenters. The van der Waals surface area contributed by atoms with Gasteiger partial charge in [-0.2, -0.15) is 0 Å². The van der Waals surface area contributed by atoms with Crippen LogP contribution in [-0.2, 0) is 0 Å². The SMILES string of the molecule is COc1c(F)cccc1Nc1c2[nH]c3c1C(=O)NC[C@@H]3[I-]C(=O)N[I-]Oc1cnccc1-2. The summed E-state index contributed by atoms with van der Waals surface area (Å²) < 4.78 is 28.2. The molecule has 0 aliphatic carbocycles. The Balaban J connectivity index is 1.75. The van der Waals surface area contributed by atoms with Gasteiger partial charge in [0, 0.05) is 0 Å². The molecule has 32 heavy (non-hydrogen) atoms. The van der Waals surface area contributed by atoms with Gasteiger partial charge in [0.1, 0.15) is 0 Å². The third-order valence-electron chi connectivity index (χ3n) is 4.96. The van der Waals surface area contributed by atoms with E-state index in [0.29, 0.717) is 46.2 Å². The van der Waals surface area contributed by atoms with Crippen molar-refractivity contribution in [2.45, 2.75) is 3.92 Å². The fraction of sp³-hybridized carbons (Fsp3) is 0.150. The van der Waals surface area contributed by atoms with Gasteiger partial charge in [0.15, 0.2) is 0 Å². The number of nitrogens with one attached hydrogen (secondary N) is 4. The van der Waals surface area contributed by atoms with E-state index in [9.17, 15) is 14.0 Å². The Morgan fingerprint density at radius 3 is 3.03 bits per heavy atom. The van der Waals surface area contributed by atoms with Crippen molar-refractivity contribution in [2.24, 2.45) is 0 Å². The number of fused-ring (bicyclic) bond motifs is 3. The Morgan fingerprint density at radius 2 is 2.19 bits per heavy atom. The van der Waals surface area contributed by atoms with E-state index in [1.807, 2.05) is 0 Å². The van der Waals surface area contributed by atoms with E-state index < -0.39 is 48.9 Å². The van der Waals surface area contributed by atoms with Crippen LogP contribution in [-0.4, -0.2) is 33.4 Å². The van der Waals surface area contributed by atoms with E-state index in [0.717, 1.165) is 0 Å². The van der Waals surface area contributed by atoms with Crippen LogP contribution in [0.5, 0.6) is 11.5 Å². The molecule has 0 saturated carbocycles. The first-order valence-electron chi connectivity index (χ1n) is 9.39. The number of hydrogen-bond acceptors (Lipinski definition) is 6. The number of benzene rings is 1. The second-order valence-electron chi connectivity index (χ2n) is 6.79. The molecule has 1 atom stereocenters. The molecule has 5 rings (SSSR count). The molecule has 0 radical (unpaired) electrons. The van der Waals surface area contributed by atoms with Crippen molar-refractivity contribution in [3.05, 3.63) is 53.7 Å². The van der Waals surface area contributed by atoms with Gasteiger partial charge in [0.05, 0.1) is 0 Å². The third-order valence-corrected chi connectivity index (χ3v) is 10.0. The molecule has 2 aliphatic heterocycles. The molecule has 2 amide bonds. The number of para-hydroxylation sites is 1. The fourth-order valence-corrected chi connectivity index (χ4v) is 7.85. The van der Waals surface area contributed by atoms with Gasteiger partial charge in [-0.15, -0.1) is 0 Å². The quantitative estimate of drug-likeness (QED) is 0.0775. The minimum absolute atomic E-state index is 0.0335. The van der Waals surface area contributed by atoms with Gasteiger partial charge in [-0.3, -0.25) is 0 Å². The van der Waals surface area contributed by atoms with Crippen molar-refractivity contribution in [1.82, 2.24) is 18.8 Å². The number of alkyl halides is 1. The molecule has 2 bridgehead atoms. The molecular formula is C20H16FI2N5O4-2. The molecule has 2 aliphatic rings. The van der Waals surface area contributed by atoms with Crippen LogP contribution in [0, 0.1) is 5.82 Å². The minimum atomic E-state index is -1.07. The summed E-state index contributed by atoms with van der Waals surface area (Å²) in [6.45, 7) is 0.373. The third kappa shape index (κ3) is 3.74. The number of amides is 2. The average molecular weight is 663 g/mol. The van der Waals surface area contributed by atoms with Crippen molar-refractivity contribution in [3.8, 4) is 22.8 Å². The van der Waals surface area contributed by atoms with E-state index in [-0.39, 0.29) is 19.5 Å². The number of carbonyl (C=O) groups excluding carboxylic acids is 2. The van der Waals surface area contributed by atoms with E-state index in [1.165, 1.54) is 13.2 Å². The Morgan fingerprint density at radius 1 is 1.31 bits per heavy atom. The standard InChI is InChI=1S/C20H16FI2N5O4/c1-31-18-10(21)3-2-4-12(18)26-17-14-16-11(7-25-19(14)29)22-20(30)28-23-32-13-8-24-6-5-9(13)15(17)27-16/h2-6,8,11,26-27H,7H2,1H3,(H,25,29)(H,28,30)/q-2/t11-/m0/s1. The van der Waals surface area contributed by atoms with Crippen LogP contribution in [0.3, 0.4) is 0 Å². The molecule has 12 heteroatoms. The second kappa shape index (κ2) is 8.73. The summed E-state index contributed by atoms with van der Waals surface area (Å²) in [4.78, 5) is 33.0. The molecule has 3 aromatic rings. The van der Waals surface area contributed by atoms with Gasteiger partial charge in [-0.25, -0.2) is 0 Å². The Kier molecular flexibility index (Phi) is 5.79. The molecule has 0 saturated heterocycles. The summed E-state index contributed by atoms with van der Waals surface area (Å²) >= 11 is -2.05. The van der Waals surface area contributed by atoms with Crippen LogP contribution in [0.15, 0.2) is 36.7 Å². The van der Waals surface area contributed by atoms with Crippen LogP contribution < -0.4 is 65.1 Å². The van der Waals surface area contributed by atoms with Crippen molar-refractivity contribution in [2.75, 3.05) is 19.0 Å². The zero-order chi connectivity index (χ0) is 22.2. The molecule has 4 N–H and O–H groups in total. The predicted molar refractivity (Wildman–Crippen MR) is 104 cm³/mol. The van der Waals surface area contributed by atoms with Gasteiger partial charge >= 0.3 is 204 Å². The second-order valence-corrected chi connectivity index (χ2v) is 11.3. The number of H-pyrrole nitrogens is 1. The van der Waals surface area contributed by atoms with Crippen LogP contribution >= 0.6 is 0 Å². The van der Waals surface area contributed by atoms with Crippen LogP contribution in [0.1, 0.15) is 20.0 Å². The monoisotopic (exact) mass is 663 g/mol. The normalized spacial score (nSPS) is 17.8. The van der Waals surface area contributed by atoms with Gasteiger partial charge < -0.3 is 0 Å². The van der Waals surface area contributed by atoms with Gasteiger partial charge in [-0.05, 0) is 0 Å². The van der Waals surface area contributed by atoms with Crippen molar-refractivity contribution in [1.29, 1.82) is 0 Å². The summed E-state index contributed by atoms with van der Waals surface area (Å²) in [6.07, 6.45) is 3.19. The topological polar surface area (TPSA) is 117 Å². The van der Waals surface area contributed by atoms with E-state index >= 15 is 0 Å². The van der Waals surface area contributed by atoms with Crippen LogP contribution in [0.4, 0.5) is 20.6 Å². The summed E-state index contributed by atoms with van der Waals surface area (Å²) in [5.74, 6) is -0.292. The number of nitrogens with zero attached hydrogens (tertiary/aromatic N) is 1. The van der Waals surface area contributed by atoms with Gasteiger partial charge in [0.25, 0.3) is 0 Å². The van der Waals surface area contributed by atoms with Crippen molar-refractivity contribution in [3.63, 3.8) is 0 Å². The Hall–Kier alpha value is -2.62. The average Bonchev–Trinajstić information content (AvgIpc) is 3.15. The molecular weight excluding hydrogens is 647 g/mol. The number of halogens is 3. The maximum atomic E-state index is 14.3. The zero-order valence-corrected chi connectivity index (χ0v) is 20.8. The predicted octanol–water partition coefficient (Wildman–Crippen LogP) is -3.14. The van der Waals surface area contributed by atoms with E-state index in [2.05, 4.69) is 24.1 Å². The first-order chi connectivity index (χ1) is 15.6. The Labute approximate surface area is 203 Å². The first-order valence-corrected chi connectivity index (χ1v) is 13.7. The zero-order valence-electron chi connectivity index (χ0n) is 16.5. The molecule has 168 valence electrons. The summed E-state index contributed by atoms with van der Waals surface area (Å²) in [7, 11) is 1.38.